The van der Waals surface area contributed by atoms with Crippen LogP contribution in [-0.4, -0.2) is 27.5 Å². The molecule has 6 heteroatoms. The lowest BCUT2D eigenvalue weighted by atomic mass is 10.2. The topological polar surface area (TPSA) is 58.2 Å². The Morgan fingerprint density at radius 3 is 2.95 bits per heavy atom. The summed E-state index contributed by atoms with van der Waals surface area (Å²) in [4.78, 5) is 0.268. The van der Waals surface area contributed by atoms with Crippen LogP contribution in [0.15, 0.2) is 23.1 Å². The molecule has 4 nitrogen and oxygen atoms in total. The number of hydrogen-bond acceptors (Lipinski definition) is 3. The van der Waals surface area contributed by atoms with Crippen molar-refractivity contribution in [3.8, 4) is 0 Å². The molecular weight excluding hydrogens is 284 g/mol. The van der Waals surface area contributed by atoms with Gasteiger partial charge < -0.3 is 5.32 Å². The first-order chi connectivity index (χ1) is 8.99. The lowest BCUT2D eigenvalue weighted by Crippen LogP contribution is -2.40. The second-order valence-corrected chi connectivity index (χ2v) is 7.05. The molecule has 0 spiro atoms. The molecule has 1 aromatic carbocycles. The van der Waals surface area contributed by atoms with Gasteiger partial charge in [-0.25, -0.2) is 13.1 Å². The third-order valence-electron chi connectivity index (χ3n) is 3.31. The quantitative estimate of drug-likeness (QED) is 0.898. The first kappa shape index (κ1) is 14.8. The summed E-state index contributed by atoms with van der Waals surface area (Å²) >= 11 is 5.89. The number of rotatable bonds is 3. The molecule has 0 aromatic heterocycles. The predicted molar refractivity (Wildman–Crippen MR) is 77.0 cm³/mol. The highest BCUT2D eigenvalue weighted by molar-refractivity contribution is 7.89. The molecule has 1 unspecified atom stereocenters. The fraction of sp³-hybridized carbons (Fsp3) is 0.538. The minimum absolute atomic E-state index is 0.0501. The zero-order valence-corrected chi connectivity index (χ0v) is 12.5. The number of hydrogen-bond donors (Lipinski definition) is 2. The molecule has 0 aliphatic carbocycles. The van der Waals surface area contributed by atoms with Gasteiger partial charge in [-0.2, -0.15) is 0 Å². The van der Waals surface area contributed by atoms with Gasteiger partial charge in [0.1, 0.15) is 0 Å². The van der Waals surface area contributed by atoms with E-state index in [4.69, 9.17) is 11.6 Å². The number of benzene rings is 1. The van der Waals surface area contributed by atoms with Crippen LogP contribution in [0.1, 0.15) is 24.8 Å². The fourth-order valence-corrected chi connectivity index (χ4v) is 4.04. The van der Waals surface area contributed by atoms with Crippen molar-refractivity contribution >= 4 is 21.6 Å². The van der Waals surface area contributed by atoms with Crippen LogP contribution in [0.25, 0.3) is 0 Å². The average Bonchev–Trinajstić information content (AvgIpc) is 2.60. The highest BCUT2D eigenvalue weighted by Crippen LogP contribution is 2.20. The molecule has 1 saturated heterocycles. The van der Waals surface area contributed by atoms with Crippen molar-refractivity contribution in [1.82, 2.24) is 10.0 Å². The van der Waals surface area contributed by atoms with Gasteiger partial charge in [0, 0.05) is 17.6 Å². The lowest BCUT2D eigenvalue weighted by Gasteiger charge is -2.17. The second-order valence-electron chi connectivity index (χ2n) is 4.93. The Morgan fingerprint density at radius 1 is 1.37 bits per heavy atom. The Bertz CT molecular complexity index is 538. The van der Waals surface area contributed by atoms with Gasteiger partial charge in [-0.3, -0.25) is 0 Å². The molecule has 1 aliphatic rings. The maximum absolute atomic E-state index is 12.4. The molecule has 0 saturated carbocycles. The Kier molecular flexibility index (Phi) is 4.84. The monoisotopic (exact) mass is 302 g/mol. The molecule has 0 amide bonds. The fourth-order valence-electron chi connectivity index (χ4n) is 2.27. The van der Waals surface area contributed by atoms with Crippen molar-refractivity contribution in [3.05, 3.63) is 28.8 Å². The molecule has 1 atom stereocenters. The number of aryl methyl sites for hydroxylation is 1. The van der Waals surface area contributed by atoms with Crippen molar-refractivity contribution < 1.29 is 8.42 Å². The number of nitrogens with one attached hydrogen (secondary N) is 2. The van der Waals surface area contributed by atoms with Gasteiger partial charge in [0.25, 0.3) is 0 Å². The summed E-state index contributed by atoms with van der Waals surface area (Å²) in [5.74, 6) is 0. The first-order valence-electron chi connectivity index (χ1n) is 6.48. The molecule has 1 aromatic rings. The zero-order chi connectivity index (χ0) is 13.9. The summed E-state index contributed by atoms with van der Waals surface area (Å²) in [5, 5.41) is 3.68. The maximum Gasteiger partial charge on any atom is 0.241 e. The van der Waals surface area contributed by atoms with Crippen LogP contribution in [0.3, 0.4) is 0 Å². The smallest absolute Gasteiger partial charge is 0.241 e. The van der Waals surface area contributed by atoms with Crippen molar-refractivity contribution in [2.45, 2.75) is 37.1 Å². The van der Waals surface area contributed by atoms with Gasteiger partial charge in [-0.15, -0.1) is 0 Å². The van der Waals surface area contributed by atoms with Gasteiger partial charge in [-0.1, -0.05) is 24.1 Å². The molecule has 106 valence electrons. The van der Waals surface area contributed by atoms with Gasteiger partial charge in [0.15, 0.2) is 0 Å². The summed E-state index contributed by atoms with van der Waals surface area (Å²) in [5.41, 5.74) is 0.707. The number of sulfonamides is 1. The van der Waals surface area contributed by atoms with Crippen molar-refractivity contribution in [2.75, 3.05) is 13.1 Å². The highest BCUT2D eigenvalue weighted by atomic mass is 35.5. The molecule has 1 aliphatic heterocycles. The van der Waals surface area contributed by atoms with Gasteiger partial charge in [0.05, 0.1) is 4.90 Å². The van der Waals surface area contributed by atoms with E-state index < -0.39 is 10.0 Å². The molecule has 0 radical (unpaired) electrons. The van der Waals surface area contributed by atoms with Crippen LogP contribution in [-0.2, 0) is 10.0 Å². The van der Waals surface area contributed by atoms with E-state index in [1.165, 1.54) is 6.07 Å². The van der Waals surface area contributed by atoms with Crippen LogP contribution in [0.4, 0.5) is 0 Å². The van der Waals surface area contributed by atoms with E-state index in [0.29, 0.717) is 17.1 Å². The van der Waals surface area contributed by atoms with Gasteiger partial charge in [-0.05, 0) is 44.0 Å². The summed E-state index contributed by atoms with van der Waals surface area (Å²) in [6.07, 6.45) is 3.00. The molecular formula is C13H19ClN2O2S. The summed E-state index contributed by atoms with van der Waals surface area (Å²) in [6.45, 7) is 3.41. The maximum atomic E-state index is 12.4. The van der Waals surface area contributed by atoms with Crippen LogP contribution in [0.5, 0.6) is 0 Å². The Balaban J connectivity index is 2.19. The standard InChI is InChI=1S/C13H19ClN2O2S/c1-10-5-6-11(14)8-13(10)19(17,18)16-12-4-2-3-7-15-9-12/h5-6,8,12,15-16H,2-4,7,9H2,1H3. The van der Waals surface area contributed by atoms with E-state index in [-0.39, 0.29) is 10.9 Å². The Labute approximate surface area is 119 Å². The number of halogens is 1. The third kappa shape index (κ3) is 3.92. The lowest BCUT2D eigenvalue weighted by molar-refractivity contribution is 0.521. The highest BCUT2D eigenvalue weighted by Gasteiger charge is 2.22. The first-order valence-corrected chi connectivity index (χ1v) is 8.34. The van der Waals surface area contributed by atoms with Crippen molar-refractivity contribution in [2.24, 2.45) is 0 Å². The summed E-state index contributed by atoms with van der Waals surface area (Å²) in [7, 11) is -3.50. The summed E-state index contributed by atoms with van der Waals surface area (Å²) < 4.78 is 27.5. The molecule has 1 heterocycles. The van der Waals surface area contributed by atoms with Gasteiger partial charge in [0.2, 0.25) is 10.0 Å². The van der Waals surface area contributed by atoms with Crippen LogP contribution >= 0.6 is 11.6 Å². The van der Waals surface area contributed by atoms with E-state index in [2.05, 4.69) is 10.0 Å². The van der Waals surface area contributed by atoms with E-state index >= 15 is 0 Å². The zero-order valence-electron chi connectivity index (χ0n) is 10.9. The molecule has 2 N–H and O–H groups in total. The van der Waals surface area contributed by atoms with Crippen LogP contribution in [0.2, 0.25) is 5.02 Å². The Morgan fingerprint density at radius 2 is 2.16 bits per heavy atom. The molecule has 1 fully saturated rings. The van der Waals surface area contributed by atoms with Crippen LogP contribution in [0, 0.1) is 6.92 Å². The largest absolute Gasteiger partial charge is 0.315 e. The average molecular weight is 303 g/mol. The van der Waals surface area contributed by atoms with Crippen molar-refractivity contribution in [3.63, 3.8) is 0 Å². The van der Waals surface area contributed by atoms with Gasteiger partial charge >= 0.3 is 0 Å². The Hall–Kier alpha value is -0.620. The predicted octanol–water partition coefficient (Wildman–Crippen LogP) is 2.07. The molecule has 2 rings (SSSR count). The van der Waals surface area contributed by atoms with E-state index in [9.17, 15) is 8.42 Å². The molecule has 19 heavy (non-hydrogen) atoms. The van der Waals surface area contributed by atoms with E-state index in [1.54, 1.807) is 19.1 Å². The van der Waals surface area contributed by atoms with E-state index in [0.717, 1.165) is 25.8 Å². The van der Waals surface area contributed by atoms with Crippen LogP contribution < -0.4 is 10.0 Å². The SMILES string of the molecule is Cc1ccc(Cl)cc1S(=O)(=O)NC1CCCCNC1. The second kappa shape index (κ2) is 6.22. The van der Waals surface area contributed by atoms with Crippen molar-refractivity contribution in [1.29, 1.82) is 0 Å². The summed E-state index contributed by atoms with van der Waals surface area (Å²) in [6, 6.07) is 4.88. The molecule has 0 bridgehead atoms. The van der Waals surface area contributed by atoms with E-state index in [1.807, 2.05) is 0 Å². The normalized spacial score (nSPS) is 21.1. The minimum Gasteiger partial charge on any atom is -0.315 e. The minimum atomic E-state index is -3.50. The third-order valence-corrected chi connectivity index (χ3v) is 5.21.